The maximum absolute atomic E-state index is 14.2. The van der Waals surface area contributed by atoms with E-state index in [0.29, 0.717) is 16.5 Å². The predicted octanol–water partition coefficient (Wildman–Crippen LogP) is 6.76. The lowest BCUT2D eigenvalue weighted by molar-refractivity contribution is -0.135. The molecule has 2 heterocycles. The van der Waals surface area contributed by atoms with E-state index in [1.807, 2.05) is 50.4 Å². The van der Waals surface area contributed by atoms with E-state index >= 15 is 0 Å². The van der Waals surface area contributed by atoms with Crippen LogP contribution >= 0.6 is 23.2 Å². The number of hydrogen-bond acceptors (Lipinski definition) is 4. The number of halogens is 4. The molecule has 0 bridgehead atoms. The van der Waals surface area contributed by atoms with E-state index < -0.39 is 17.4 Å². The van der Waals surface area contributed by atoms with Crippen molar-refractivity contribution < 1.29 is 18.3 Å². The molecule has 3 rings (SSSR count). The first kappa shape index (κ1) is 28.9. The summed E-state index contributed by atoms with van der Waals surface area (Å²) < 4.78 is 34.1. The summed E-state index contributed by atoms with van der Waals surface area (Å²) in [7, 11) is 0. The second kappa shape index (κ2) is 11.8. The van der Waals surface area contributed by atoms with E-state index in [1.165, 1.54) is 25.3 Å². The summed E-state index contributed by atoms with van der Waals surface area (Å²) in [5, 5.41) is 7.63. The SMILES string of the molecule is CCC(F)(F)c1ccnc(OC(C)(C)C(=O)NC(C)C(Cc2ccc(Cl)cc2)C2=CNC(C)C(Cl)=C2)c1. The fourth-order valence-corrected chi connectivity index (χ4v) is 4.30. The maximum atomic E-state index is 14.2. The molecule has 1 aliphatic rings. The minimum atomic E-state index is -3.01. The molecule has 2 aromatic rings. The topological polar surface area (TPSA) is 63.2 Å². The molecule has 1 aromatic carbocycles. The first-order valence-electron chi connectivity index (χ1n) is 12.2. The number of hydrogen-bond donors (Lipinski definition) is 2. The molecule has 0 radical (unpaired) electrons. The molecule has 5 nitrogen and oxygen atoms in total. The lowest BCUT2D eigenvalue weighted by atomic mass is 9.85. The number of carbonyl (C=O) groups excluding carboxylic acids is 1. The van der Waals surface area contributed by atoms with E-state index in [9.17, 15) is 13.6 Å². The molecule has 3 unspecified atom stereocenters. The molecular formula is C28H33Cl2F2N3O2. The largest absolute Gasteiger partial charge is 0.462 e. The van der Waals surface area contributed by atoms with Crippen molar-refractivity contribution in [1.29, 1.82) is 0 Å². The van der Waals surface area contributed by atoms with Crippen LogP contribution in [0.5, 0.6) is 5.88 Å². The average molecular weight is 552 g/mol. The van der Waals surface area contributed by atoms with Gasteiger partial charge in [0.1, 0.15) is 0 Å². The third kappa shape index (κ3) is 7.45. The van der Waals surface area contributed by atoms with Crippen molar-refractivity contribution in [3.8, 4) is 5.88 Å². The van der Waals surface area contributed by atoms with Gasteiger partial charge in [-0.05, 0) is 69.5 Å². The molecule has 1 amide bonds. The number of alkyl halides is 2. The number of ether oxygens (including phenoxy) is 1. The number of rotatable bonds is 10. The minimum Gasteiger partial charge on any atom is -0.462 e. The highest BCUT2D eigenvalue weighted by Crippen LogP contribution is 2.33. The second-order valence-corrected chi connectivity index (χ2v) is 10.7. The summed E-state index contributed by atoms with van der Waals surface area (Å²) in [6.07, 6.45) is 5.38. The van der Waals surface area contributed by atoms with E-state index in [2.05, 4.69) is 15.6 Å². The van der Waals surface area contributed by atoms with Crippen LogP contribution in [0.25, 0.3) is 0 Å². The number of pyridine rings is 1. The summed E-state index contributed by atoms with van der Waals surface area (Å²) in [6.45, 7) is 8.44. The standard InChI is InChI=1S/C28H33Cl2F2N3O2/c1-6-28(31,32)21-11-12-33-25(15-21)37-27(4,5)26(36)35-17(2)23(13-19-7-9-22(29)10-8-19)20-14-24(30)18(3)34-16-20/h7-12,14-18,23,34H,6,13H2,1-5H3,(H,35,36). The van der Waals surface area contributed by atoms with Gasteiger partial charge in [0.25, 0.3) is 11.8 Å². The van der Waals surface area contributed by atoms with Gasteiger partial charge in [0.2, 0.25) is 5.88 Å². The molecule has 2 N–H and O–H groups in total. The van der Waals surface area contributed by atoms with Gasteiger partial charge >= 0.3 is 0 Å². The number of dihydropyridines is 1. The Morgan fingerprint density at radius 2 is 1.89 bits per heavy atom. The van der Waals surface area contributed by atoms with Gasteiger partial charge in [0, 0.05) is 52.5 Å². The van der Waals surface area contributed by atoms with Crippen LogP contribution < -0.4 is 15.4 Å². The predicted molar refractivity (Wildman–Crippen MR) is 144 cm³/mol. The number of aromatic nitrogens is 1. The summed E-state index contributed by atoms with van der Waals surface area (Å²) in [4.78, 5) is 17.3. The van der Waals surface area contributed by atoms with E-state index in [-0.39, 0.29) is 35.9 Å². The van der Waals surface area contributed by atoms with Gasteiger partial charge in [0.05, 0.1) is 6.04 Å². The van der Waals surface area contributed by atoms with Crippen molar-refractivity contribution in [3.05, 3.63) is 81.6 Å². The van der Waals surface area contributed by atoms with Gasteiger partial charge in [-0.1, -0.05) is 42.3 Å². The Balaban J connectivity index is 1.79. The van der Waals surface area contributed by atoms with Crippen molar-refractivity contribution in [2.24, 2.45) is 5.92 Å². The average Bonchev–Trinajstić information content (AvgIpc) is 2.85. The second-order valence-electron chi connectivity index (χ2n) is 9.81. The van der Waals surface area contributed by atoms with Gasteiger partial charge in [0.15, 0.2) is 5.60 Å². The lowest BCUT2D eigenvalue weighted by Crippen LogP contribution is -2.51. The molecule has 37 heavy (non-hydrogen) atoms. The highest BCUT2D eigenvalue weighted by atomic mass is 35.5. The Morgan fingerprint density at radius 3 is 2.51 bits per heavy atom. The molecule has 9 heteroatoms. The van der Waals surface area contributed by atoms with E-state index in [0.717, 1.165) is 11.1 Å². The molecule has 1 aromatic heterocycles. The van der Waals surface area contributed by atoms with Crippen LogP contribution in [0.3, 0.4) is 0 Å². The van der Waals surface area contributed by atoms with Crippen LogP contribution in [0.1, 0.15) is 52.2 Å². The third-order valence-electron chi connectivity index (χ3n) is 6.49. The first-order chi connectivity index (χ1) is 17.3. The van der Waals surface area contributed by atoms with Crippen LogP contribution in [-0.2, 0) is 17.1 Å². The third-order valence-corrected chi connectivity index (χ3v) is 7.17. The molecule has 0 saturated carbocycles. The highest BCUT2D eigenvalue weighted by Gasteiger charge is 2.35. The fourth-order valence-electron chi connectivity index (χ4n) is 3.98. The zero-order chi connectivity index (χ0) is 27.4. The number of benzene rings is 1. The lowest BCUT2D eigenvalue weighted by Gasteiger charge is -2.32. The summed E-state index contributed by atoms with van der Waals surface area (Å²) in [5.74, 6) is -3.58. The maximum Gasteiger partial charge on any atom is 0.273 e. The van der Waals surface area contributed by atoms with Gasteiger partial charge in [-0.25, -0.2) is 13.8 Å². The Bertz CT molecular complexity index is 1170. The molecule has 0 fully saturated rings. The molecule has 200 valence electrons. The van der Waals surface area contributed by atoms with E-state index in [1.54, 1.807) is 13.8 Å². The molecule has 0 saturated heterocycles. The van der Waals surface area contributed by atoms with Crippen LogP contribution in [0.4, 0.5) is 8.78 Å². The Hall–Kier alpha value is -2.64. The minimum absolute atomic E-state index is 0.00202. The first-order valence-corrected chi connectivity index (χ1v) is 13.0. The van der Waals surface area contributed by atoms with Crippen LogP contribution in [0.2, 0.25) is 5.02 Å². The van der Waals surface area contributed by atoms with Crippen molar-refractivity contribution in [2.45, 2.75) is 71.1 Å². The Kier molecular flexibility index (Phi) is 9.24. The number of allylic oxidation sites excluding steroid dienone is 1. The van der Waals surface area contributed by atoms with Gasteiger partial charge in [-0.15, -0.1) is 0 Å². The summed E-state index contributed by atoms with van der Waals surface area (Å²) in [6, 6.07) is 9.67. The van der Waals surface area contributed by atoms with Gasteiger partial charge < -0.3 is 15.4 Å². The van der Waals surface area contributed by atoms with Crippen LogP contribution in [0, 0.1) is 5.92 Å². The monoisotopic (exact) mass is 551 g/mol. The van der Waals surface area contributed by atoms with E-state index in [4.69, 9.17) is 27.9 Å². The molecule has 0 spiro atoms. The number of nitrogens with one attached hydrogen (secondary N) is 2. The fraction of sp³-hybridized carbons (Fsp3) is 0.429. The summed E-state index contributed by atoms with van der Waals surface area (Å²) >= 11 is 12.5. The molecule has 0 aliphatic carbocycles. The van der Waals surface area contributed by atoms with Crippen LogP contribution in [0.15, 0.2) is 65.5 Å². The van der Waals surface area contributed by atoms with Crippen LogP contribution in [-0.4, -0.2) is 28.6 Å². The highest BCUT2D eigenvalue weighted by molar-refractivity contribution is 6.30. The zero-order valence-electron chi connectivity index (χ0n) is 21.6. The number of nitrogens with zero attached hydrogens (tertiary/aromatic N) is 1. The van der Waals surface area contributed by atoms with Gasteiger partial charge in [-0.3, -0.25) is 4.79 Å². The van der Waals surface area contributed by atoms with Crippen molar-refractivity contribution in [3.63, 3.8) is 0 Å². The molecule has 1 aliphatic heterocycles. The van der Waals surface area contributed by atoms with Gasteiger partial charge in [-0.2, -0.15) is 0 Å². The van der Waals surface area contributed by atoms with Crippen molar-refractivity contribution >= 4 is 29.1 Å². The number of amides is 1. The Labute approximate surface area is 227 Å². The zero-order valence-corrected chi connectivity index (χ0v) is 23.1. The smallest absolute Gasteiger partial charge is 0.273 e. The summed E-state index contributed by atoms with van der Waals surface area (Å²) in [5.41, 5.74) is 0.420. The quantitative estimate of drug-likeness (QED) is 0.342. The van der Waals surface area contributed by atoms with Crippen molar-refractivity contribution in [2.75, 3.05) is 0 Å². The molecular weight excluding hydrogens is 519 g/mol. The normalized spacial score (nSPS) is 17.7. The molecule has 3 atom stereocenters. The Morgan fingerprint density at radius 1 is 1.22 bits per heavy atom. The van der Waals surface area contributed by atoms with Crippen molar-refractivity contribution in [1.82, 2.24) is 15.6 Å². The number of carbonyl (C=O) groups is 1.